The van der Waals surface area contributed by atoms with Crippen molar-refractivity contribution in [3.63, 3.8) is 0 Å². The van der Waals surface area contributed by atoms with E-state index in [1.165, 1.54) is 32.1 Å². The number of rotatable bonds is 4. The summed E-state index contributed by atoms with van der Waals surface area (Å²) >= 11 is 0. The van der Waals surface area contributed by atoms with E-state index in [9.17, 15) is 9.59 Å². The van der Waals surface area contributed by atoms with Gasteiger partial charge in [-0.1, -0.05) is 32.6 Å². The van der Waals surface area contributed by atoms with Crippen LogP contribution in [0.2, 0.25) is 0 Å². The lowest BCUT2D eigenvalue weighted by atomic mass is 9.88. The average Bonchev–Trinajstić information content (AvgIpc) is 2.42. The highest BCUT2D eigenvalue weighted by atomic mass is 16.2. The summed E-state index contributed by atoms with van der Waals surface area (Å²) in [5.41, 5.74) is 0. The second-order valence-corrected chi connectivity index (χ2v) is 6.02. The zero-order valence-corrected chi connectivity index (χ0v) is 12.2. The van der Waals surface area contributed by atoms with E-state index in [0.717, 1.165) is 19.4 Å². The van der Waals surface area contributed by atoms with Crippen molar-refractivity contribution in [1.82, 2.24) is 10.2 Å². The average molecular weight is 266 g/mol. The maximum atomic E-state index is 12.5. The number of nitrogens with one attached hydrogen (secondary N) is 1. The summed E-state index contributed by atoms with van der Waals surface area (Å²) in [4.78, 5) is 26.3. The van der Waals surface area contributed by atoms with Crippen molar-refractivity contribution in [2.75, 3.05) is 6.54 Å². The van der Waals surface area contributed by atoms with Crippen molar-refractivity contribution in [1.29, 1.82) is 0 Å². The molecule has 0 aromatic rings. The monoisotopic (exact) mass is 266 g/mol. The number of hydrogen-bond acceptors (Lipinski definition) is 2. The molecule has 1 aliphatic heterocycles. The predicted molar refractivity (Wildman–Crippen MR) is 74.6 cm³/mol. The zero-order chi connectivity index (χ0) is 13.8. The maximum absolute atomic E-state index is 12.5. The quantitative estimate of drug-likeness (QED) is 0.847. The van der Waals surface area contributed by atoms with Crippen molar-refractivity contribution in [2.24, 2.45) is 5.92 Å². The second-order valence-electron chi connectivity index (χ2n) is 6.02. The van der Waals surface area contributed by atoms with Crippen LogP contribution in [0.25, 0.3) is 0 Å². The first-order valence-corrected chi connectivity index (χ1v) is 7.74. The first-order chi connectivity index (χ1) is 9.13. The SMILES string of the molecule is CCCC1NC(=O)C(C)N(CC2CCCCC2)C1=O. The van der Waals surface area contributed by atoms with E-state index in [1.807, 2.05) is 18.7 Å². The molecule has 19 heavy (non-hydrogen) atoms. The minimum absolute atomic E-state index is 0.00820. The topological polar surface area (TPSA) is 49.4 Å². The van der Waals surface area contributed by atoms with E-state index in [4.69, 9.17) is 0 Å². The molecular formula is C15H26N2O2. The van der Waals surface area contributed by atoms with Gasteiger partial charge in [0, 0.05) is 6.54 Å². The first kappa shape index (κ1) is 14.4. The Morgan fingerprint density at radius 1 is 1.21 bits per heavy atom. The third-order valence-corrected chi connectivity index (χ3v) is 4.50. The highest BCUT2D eigenvalue weighted by Crippen LogP contribution is 2.26. The lowest BCUT2D eigenvalue weighted by Crippen LogP contribution is -2.63. The molecule has 1 aliphatic carbocycles. The van der Waals surface area contributed by atoms with Gasteiger partial charge in [0.25, 0.3) is 0 Å². The van der Waals surface area contributed by atoms with Crippen LogP contribution in [0.3, 0.4) is 0 Å². The molecule has 1 saturated heterocycles. The van der Waals surface area contributed by atoms with Crippen molar-refractivity contribution >= 4 is 11.8 Å². The minimum Gasteiger partial charge on any atom is -0.343 e. The van der Waals surface area contributed by atoms with E-state index in [0.29, 0.717) is 5.92 Å². The van der Waals surface area contributed by atoms with Crippen LogP contribution in [0.15, 0.2) is 0 Å². The Bertz CT molecular complexity index is 337. The summed E-state index contributed by atoms with van der Waals surface area (Å²) in [5, 5.41) is 2.85. The largest absolute Gasteiger partial charge is 0.343 e. The van der Waals surface area contributed by atoms with Crippen molar-refractivity contribution in [3.05, 3.63) is 0 Å². The Balaban J connectivity index is 2.02. The highest BCUT2D eigenvalue weighted by molar-refractivity contribution is 5.96. The van der Waals surface area contributed by atoms with Crippen LogP contribution in [-0.2, 0) is 9.59 Å². The molecule has 4 nitrogen and oxygen atoms in total. The number of hydrogen-bond donors (Lipinski definition) is 1. The van der Waals surface area contributed by atoms with Gasteiger partial charge in [0.1, 0.15) is 12.1 Å². The molecule has 1 saturated carbocycles. The van der Waals surface area contributed by atoms with Crippen LogP contribution in [-0.4, -0.2) is 35.3 Å². The Morgan fingerprint density at radius 2 is 1.89 bits per heavy atom. The second kappa shape index (κ2) is 6.40. The van der Waals surface area contributed by atoms with Crippen LogP contribution in [0.4, 0.5) is 0 Å². The van der Waals surface area contributed by atoms with E-state index in [1.54, 1.807) is 0 Å². The summed E-state index contributed by atoms with van der Waals surface area (Å²) in [5.74, 6) is 0.724. The molecule has 2 unspecified atom stereocenters. The summed E-state index contributed by atoms with van der Waals surface area (Å²) in [6, 6.07) is -0.597. The number of nitrogens with zero attached hydrogens (tertiary/aromatic N) is 1. The van der Waals surface area contributed by atoms with Gasteiger partial charge in [-0.3, -0.25) is 9.59 Å². The fourth-order valence-corrected chi connectivity index (χ4v) is 3.27. The van der Waals surface area contributed by atoms with Gasteiger partial charge in [0.2, 0.25) is 11.8 Å². The van der Waals surface area contributed by atoms with Crippen molar-refractivity contribution in [3.8, 4) is 0 Å². The van der Waals surface area contributed by atoms with Crippen molar-refractivity contribution in [2.45, 2.75) is 70.9 Å². The molecule has 2 amide bonds. The molecule has 2 fully saturated rings. The molecule has 0 aromatic heterocycles. The molecule has 0 radical (unpaired) electrons. The first-order valence-electron chi connectivity index (χ1n) is 7.74. The molecule has 2 rings (SSSR count). The third-order valence-electron chi connectivity index (χ3n) is 4.50. The van der Waals surface area contributed by atoms with Gasteiger partial charge in [-0.15, -0.1) is 0 Å². The summed E-state index contributed by atoms with van der Waals surface area (Å²) in [7, 11) is 0. The fraction of sp³-hybridized carbons (Fsp3) is 0.867. The number of amides is 2. The molecule has 1 heterocycles. The Hall–Kier alpha value is -1.06. The van der Waals surface area contributed by atoms with Gasteiger partial charge in [-0.25, -0.2) is 0 Å². The van der Waals surface area contributed by atoms with E-state index in [2.05, 4.69) is 5.32 Å². The summed E-state index contributed by atoms with van der Waals surface area (Å²) in [6.07, 6.45) is 7.93. The van der Waals surface area contributed by atoms with E-state index < -0.39 is 0 Å². The summed E-state index contributed by atoms with van der Waals surface area (Å²) < 4.78 is 0. The molecule has 0 bridgehead atoms. The Labute approximate surface area is 115 Å². The number of carbonyl (C=O) groups is 2. The van der Waals surface area contributed by atoms with Gasteiger partial charge < -0.3 is 10.2 Å². The van der Waals surface area contributed by atoms with E-state index in [-0.39, 0.29) is 23.9 Å². The third kappa shape index (κ3) is 3.28. The molecule has 0 aromatic carbocycles. The molecule has 0 spiro atoms. The summed E-state index contributed by atoms with van der Waals surface area (Å²) in [6.45, 7) is 4.66. The normalized spacial score (nSPS) is 29.5. The van der Waals surface area contributed by atoms with Crippen molar-refractivity contribution < 1.29 is 9.59 Å². The van der Waals surface area contributed by atoms with Gasteiger partial charge in [-0.05, 0) is 32.1 Å². The number of piperazine rings is 1. The van der Waals surface area contributed by atoms with Gasteiger partial charge >= 0.3 is 0 Å². The lowest BCUT2D eigenvalue weighted by Gasteiger charge is -2.39. The molecule has 2 atom stereocenters. The standard InChI is InChI=1S/C15H26N2O2/c1-3-7-13-15(19)17(11(2)14(18)16-13)10-12-8-5-4-6-9-12/h11-13H,3-10H2,1-2H3,(H,16,18). The van der Waals surface area contributed by atoms with Gasteiger partial charge in [-0.2, -0.15) is 0 Å². The van der Waals surface area contributed by atoms with Gasteiger partial charge in [0.05, 0.1) is 0 Å². The molecule has 1 N–H and O–H groups in total. The molecule has 108 valence electrons. The van der Waals surface area contributed by atoms with Crippen LogP contribution in [0.5, 0.6) is 0 Å². The van der Waals surface area contributed by atoms with Crippen LogP contribution in [0.1, 0.15) is 58.8 Å². The van der Waals surface area contributed by atoms with Crippen LogP contribution < -0.4 is 5.32 Å². The highest BCUT2D eigenvalue weighted by Gasteiger charge is 2.38. The molecule has 4 heteroatoms. The van der Waals surface area contributed by atoms with Crippen LogP contribution in [0, 0.1) is 5.92 Å². The molecular weight excluding hydrogens is 240 g/mol. The van der Waals surface area contributed by atoms with Crippen LogP contribution >= 0.6 is 0 Å². The van der Waals surface area contributed by atoms with E-state index >= 15 is 0 Å². The maximum Gasteiger partial charge on any atom is 0.245 e. The smallest absolute Gasteiger partial charge is 0.245 e. The minimum atomic E-state index is -0.303. The fourth-order valence-electron chi connectivity index (χ4n) is 3.27. The Morgan fingerprint density at radius 3 is 2.53 bits per heavy atom. The number of carbonyl (C=O) groups excluding carboxylic acids is 2. The molecule has 2 aliphatic rings. The zero-order valence-electron chi connectivity index (χ0n) is 12.2. The van der Waals surface area contributed by atoms with Gasteiger partial charge in [0.15, 0.2) is 0 Å². The Kier molecular flexibility index (Phi) is 4.83. The predicted octanol–water partition coefficient (Wildman–Crippen LogP) is 2.08. The lowest BCUT2D eigenvalue weighted by molar-refractivity contribution is -0.149.